The van der Waals surface area contributed by atoms with Crippen molar-refractivity contribution in [2.45, 2.75) is 38.3 Å². The summed E-state index contributed by atoms with van der Waals surface area (Å²) in [7, 11) is 0. The molecule has 1 aliphatic heterocycles. The Hall–Kier alpha value is -0.260. The minimum atomic E-state index is -2.37. The standard InChI is InChI=1S/C10H19F2NO2/c1-8(9-3-2-5-15-9)13-4-6-14-7-10(11)12/h8-10,13H,2-7H2,1H3. The maximum Gasteiger partial charge on any atom is 0.261 e. The monoisotopic (exact) mass is 223 g/mol. The molecule has 1 aliphatic rings. The van der Waals surface area contributed by atoms with E-state index in [1.165, 1.54) is 0 Å². The number of nitrogens with one attached hydrogen (secondary N) is 1. The van der Waals surface area contributed by atoms with Crippen molar-refractivity contribution in [3.05, 3.63) is 0 Å². The minimum Gasteiger partial charge on any atom is -0.377 e. The van der Waals surface area contributed by atoms with Gasteiger partial charge in [0.15, 0.2) is 0 Å². The molecule has 90 valence electrons. The number of hydrogen-bond acceptors (Lipinski definition) is 3. The Kier molecular flexibility index (Phi) is 6.05. The largest absolute Gasteiger partial charge is 0.377 e. The van der Waals surface area contributed by atoms with Crippen LogP contribution in [0.15, 0.2) is 0 Å². The van der Waals surface area contributed by atoms with E-state index in [4.69, 9.17) is 9.47 Å². The van der Waals surface area contributed by atoms with E-state index < -0.39 is 13.0 Å². The van der Waals surface area contributed by atoms with Crippen LogP contribution in [0.1, 0.15) is 19.8 Å². The van der Waals surface area contributed by atoms with Crippen molar-refractivity contribution >= 4 is 0 Å². The van der Waals surface area contributed by atoms with Crippen molar-refractivity contribution < 1.29 is 18.3 Å². The van der Waals surface area contributed by atoms with Crippen LogP contribution in [0.4, 0.5) is 8.78 Å². The predicted molar refractivity (Wildman–Crippen MR) is 53.3 cm³/mol. The summed E-state index contributed by atoms with van der Waals surface area (Å²) < 4.78 is 33.6. The zero-order valence-electron chi connectivity index (χ0n) is 9.05. The summed E-state index contributed by atoms with van der Waals surface area (Å²) in [5, 5.41) is 3.20. The Bertz CT molecular complexity index is 164. The van der Waals surface area contributed by atoms with Crippen molar-refractivity contribution in [2.75, 3.05) is 26.4 Å². The summed E-state index contributed by atoms with van der Waals surface area (Å²) in [4.78, 5) is 0. The van der Waals surface area contributed by atoms with Gasteiger partial charge in [0.1, 0.15) is 6.61 Å². The van der Waals surface area contributed by atoms with Crippen LogP contribution in [0.25, 0.3) is 0 Å². The van der Waals surface area contributed by atoms with E-state index in [0.29, 0.717) is 13.2 Å². The molecule has 0 bridgehead atoms. The van der Waals surface area contributed by atoms with E-state index in [2.05, 4.69) is 5.32 Å². The van der Waals surface area contributed by atoms with Crippen LogP contribution in [-0.2, 0) is 9.47 Å². The van der Waals surface area contributed by atoms with Gasteiger partial charge in [-0.25, -0.2) is 8.78 Å². The van der Waals surface area contributed by atoms with Gasteiger partial charge in [0.05, 0.1) is 12.7 Å². The lowest BCUT2D eigenvalue weighted by atomic mass is 10.1. The average molecular weight is 223 g/mol. The predicted octanol–water partition coefficient (Wildman–Crippen LogP) is 1.43. The molecule has 1 saturated heterocycles. The minimum absolute atomic E-state index is 0.264. The summed E-state index contributed by atoms with van der Waals surface area (Å²) in [6, 6.07) is 0.266. The van der Waals surface area contributed by atoms with Gasteiger partial charge in [-0.2, -0.15) is 0 Å². The molecule has 1 heterocycles. The molecule has 0 radical (unpaired) electrons. The van der Waals surface area contributed by atoms with Crippen LogP contribution >= 0.6 is 0 Å². The van der Waals surface area contributed by atoms with E-state index in [1.54, 1.807) is 0 Å². The van der Waals surface area contributed by atoms with Crippen LogP contribution in [0.5, 0.6) is 0 Å². The van der Waals surface area contributed by atoms with Crippen LogP contribution in [0, 0.1) is 0 Å². The fourth-order valence-corrected chi connectivity index (χ4v) is 1.66. The van der Waals surface area contributed by atoms with Crippen LogP contribution in [0.2, 0.25) is 0 Å². The molecule has 1 N–H and O–H groups in total. The molecule has 0 amide bonds. The lowest BCUT2D eigenvalue weighted by Crippen LogP contribution is -2.38. The second-order valence-corrected chi connectivity index (χ2v) is 3.76. The van der Waals surface area contributed by atoms with Gasteiger partial charge in [0.2, 0.25) is 0 Å². The highest BCUT2D eigenvalue weighted by molar-refractivity contribution is 4.76. The van der Waals surface area contributed by atoms with Gasteiger partial charge in [0, 0.05) is 19.2 Å². The molecule has 0 aliphatic carbocycles. The summed E-state index contributed by atoms with van der Waals surface area (Å²) >= 11 is 0. The second kappa shape index (κ2) is 7.09. The average Bonchev–Trinajstić information content (AvgIpc) is 2.69. The highest BCUT2D eigenvalue weighted by Crippen LogP contribution is 2.14. The van der Waals surface area contributed by atoms with Crippen molar-refractivity contribution in [2.24, 2.45) is 0 Å². The lowest BCUT2D eigenvalue weighted by Gasteiger charge is -2.19. The maximum absolute atomic E-state index is 11.7. The van der Waals surface area contributed by atoms with Crippen LogP contribution in [-0.4, -0.2) is 44.9 Å². The number of hydrogen-bond donors (Lipinski definition) is 1. The van der Waals surface area contributed by atoms with E-state index in [0.717, 1.165) is 19.4 Å². The number of rotatable bonds is 7. The van der Waals surface area contributed by atoms with E-state index in [9.17, 15) is 8.78 Å². The third-order valence-electron chi connectivity index (χ3n) is 2.48. The number of alkyl halides is 2. The van der Waals surface area contributed by atoms with E-state index in [-0.39, 0.29) is 12.1 Å². The zero-order chi connectivity index (χ0) is 11.1. The highest BCUT2D eigenvalue weighted by Gasteiger charge is 2.21. The fourth-order valence-electron chi connectivity index (χ4n) is 1.66. The summed E-state index contributed by atoms with van der Waals surface area (Å²) in [5.74, 6) is 0. The Balaban J connectivity index is 1.94. The molecule has 5 heteroatoms. The number of halogens is 2. The molecule has 0 aromatic heterocycles. The third-order valence-corrected chi connectivity index (χ3v) is 2.48. The first kappa shape index (κ1) is 12.8. The molecule has 3 nitrogen and oxygen atoms in total. The maximum atomic E-state index is 11.7. The van der Waals surface area contributed by atoms with Gasteiger partial charge >= 0.3 is 0 Å². The highest BCUT2D eigenvalue weighted by atomic mass is 19.3. The first-order valence-corrected chi connectivity index (χ1v) is 5.41. The van der Waals surface area contributed by atoms with Crippen molar-refractivity contribution in [3.63, 3.8) is 0 Å². The quantitative estimate of drug-likeness (QED) is 0.662. The summed E-state index contributed by atoms with van der Waals surface area (Å²) in [6.45, 7) is 3.31. The van der Waals surface area contributed by atoms with Gasteiger partial charge in [-0.1, -0.05) is 0 Å². The third kappa shape index (κ3) is 5.39. The molecule has 0 spiro atoms. The van der Waals surface area contributed by atoms with Gasteiger partial charge in [0.25, 0.3) is 6.43 Å². The summed E-state index contributed by atoms with van der Waals surface area (Å²) in [5.41, 5.74) is 0. The molecule has 1 rings (SSSR count). The van der Waals surface area contributed by atoms with Gasteiger partial charge in [-0.3, -0.25) is 0 Å². The Morgan fingerprint density at radius 2 is 2.33 bits per heavy atom. The molecule has 2 atom stereocenters. The first-order valence-electron chi connectivity index (χ1n) is 5.41. The zero-order valence-corrected chi connectivity index (χ0v) is 9.05. The SMILES string of the molecule is CC(NCCOCC(F)F)C1CCCO1. The molecule has 0 aromatic carbocycles. The summed E-state index contributed by atoms with van der Waals surface area (Å²) in [6.07, 6.45) is 0.0747. The Morgan fingerprint density at radius 1 is 1.53 bits per heavy atom. The van der Waals surface area contributed by atoms with Crippen molar-refractivity contribution in [1.82, 2.24) is 5.32 Å². The molecular formula is C10H19F2NO2. The van der Waals surface area contributed by atoms with Crippen LogP contribution < -0.4 is 5.32 Å². The Labute approximate surface area is 89.1 Å². The molecule has 2 unspecified atom stereocenters. The molecular weight excluding hydrogens is 204 g/mol. The number of ether oxygens (including phenoxy) is 2. The van der Waals surface area contributed by atoms with Crippen LogP contribution in [0.3, 0.4) is 0 Å². The van der Waals surface area contributed by atoms with Gasteiger partial charge in [-0.15, -0.1) is 0 Å². The smallest absolute Gasteiger partial charge is 0.261 e. The molecule has 15 heavy (non-hydrogen) atoms. The first-order chi connectivity index (χ1) is 7.20. The second-order valence-electron chi connectivity index (χ2n) is 3.76. The van der Waals surface area contributed by atoms with E-state index >= 15 is 0 Å². The topological polar surface area (TPSA) is 30.5 Å². The normalized spacial score (nSPS) is 23.6. The van der Waals surface area contributed by atoms with Crippen molar-refractivity contribution in [1.29, 1.82) is 0 Å². The lowest BCUT2D eigenvalue weighted by molar-refractivity contribution is 0.0160. The molecule has 0 aromatic rings. The molecule has 1 fully saturated rings. The Morgan fingerprint density at radius 3 is 2.93 bits per heavy atom. The fraction of sp³-hybridized carbons (Fsp3) is 1.00. The van der Waals surface area contributed by atoms with Gasteiger partial charge < -0.3 is 14.8 Å². The van der Waals surface area contributed by atoms with E-state index in [1.807, 2.05) is 6.92 Å². The van der Waals surface area contributed by atoms with Gasteiger partial charge in [-0.05, 0) is 19.8 Å². The molecule has 0 saturated carbocycles. The van der Waals surface area contributed by atoms with Crippen molar-refractivity contribution in [3.8, 4) is 0 Å².